The van der Waals surface area contributed by atoms with Crippen LogP contribution in [0.2, 0.25) is 0 Å². The molecule has 0 radical (unpaired) electrons. The van der Waals surface area contributed by atoms with E-state index in [1.54, 1.807) is 6.07 Å². The van der Waals surface area contributed by atoms with Crippen molar-refractivity contribution in [2.75, 3.05) is 0 Å². The molecule has 0 aliphatic rings. The van der Waals surface area contributed by atoms with Crippen LogP contribution in [0.15, 0.2) is 12.1 Å². The number of carbonyl (C=O) groups is 1. The normalized spacial score (nSPS) is 12.5. The van der Waals surface area contributed by atoms with E-state index in [1.807, 2.05) is 19.9 Å². The average molecular weight is 195 g/mol. The highest BCUT2D eigenvalue weighted by Crippen LogP contribution is 2.06. The second-order valence-electron chi connectivity index (χ2n) is 3.34. The highest BCUT2D eigenvalue weighted by atomic mass is 16.4. The zero-order chi connectivity index (χ0) is 10.7. The van der Waals surface area contributed by atoms with Crippen LogP contribution < -0.4 is 0 Å². The molecule has 14 heavy (non-hydrogen) atoms. The first-order valence-electron chi connectivity index (χ1n) is 4.34. The van der Waals surface area contributed by atoms with Crippen molar-refractivity contribution in [2.45, 2.75) is 26.4 Å². The fourth-order valence-electron chi connectivity index (χ4n) is 1.32. The molecule has 1 aromatic heterocycles. The Hall–Kier alpha value is -1.42. The molecule has 1 rings (SSSR count). The molecular formula is C10H13NO3. The Bertz CT molecular complexity index is 329. The predicted molar refractivity (Wildman–Crippen MR) is 51.1 cm³/mol. The molecule has 2 N–H and O–H groups in total. The van der Waals surface area contributed by atoms with Gasteiger partial charge in [0.2, 0.25) is 0 Å². The molecule has 0 bridgehead atoms. The van der Waals surface area contributed by atoms with Gasteiger partial charge in [-0.3, -0.25) is 4.98 Å². The lowest BCUT2D eigenvalue weighted by Gasteiger charge is -2.06. The van der Waals surface area contributed by atoms with E-state index in [2.05, 4.69) is 4.98 Å². The fourth-order valence-corrected chi connectivity index (χ4v) is 1.32. The van der Waals surface area contributed by atoms with Crippen LogP contribution in [-0.4, -0.2) is 27.3 Å². The molecular weight excluding hydrogens is 182 g/mol. The van der Waals surface area contributed by atoms with Crippen molar-refractivity contribution in [3.63, 3.8) is 0 Å². The van der Waals surface area contributed by atoms with Crippen LogP contribution in [0.1, 0.15) is 17.0 Å². The van der Waals surface area contributed by atoms with Crippen molar-refractivity contribution in [1.82, 2.24) is 4.98 Å². The number of pyridine rings is 1. The van der Waals surface area contributed by atoms with Gasteiger partial charge in [0.15, 0.2) is 6.10 Å². The number of aryl methyl sites for hydroxylation is 2. The number of aliphatic hydroxyl groups excluding tert-OH is 1. The Morgan fingerprint density at radius 3 is 2.64 bits per heavy atom. The van der Waals surface area contributed by atoms with Gasteiger partial charge >= 0.3 is 5.97 Å². The van der Waals surface area contributed by atoms with Gasteiger partial charge in [0.1, 0.15) is 0 Å². The summed E-state index contributed by atoms with van der Waals surface area (Å²) in [4.78, 5) is 14.5. The van der Waals surface area contributed by atoms with Crippen LogP contribution in [0.3, 0.4) is 0 Å². The maximum atomic E-state index is 10.4. The standard InChI is InChI=1S/C10H13NO3/c1-6-3-7(2)11-8(4-6)5-9(12)10(13)14/h3-4,9,12H,5H2,1-2H3,(H,13,14). The van der Waals surface area contributed by atoms with Crippen LogP contribution >= 0.6 is 0 Å². The highest BCUT2D eigenvalue weighted by molar-refractivity contribution is 5.72. The fraction of sp³-hybridized carbons (Fsp3) is 0.400. The lowest BCUT2D eigenvalue weighted by Crippen LogP contribution is -2.22. The van der Waals surface area contributed by atoms with Gasteiger partial charge < -0.3 is 10.2 Å². The Kier molecular flexibility index (Phi) is 3.19. The molecule has 0 saturated heterocycles. The van der Waals surface area contributed by atoms with Gasteiger partial charge in [-0.15, -0.1) is 0 Å². The number of hydrogen-bond donors (Lipinski definition) is 2. The average Bonchev–Trinajstić information content (AvgIpc) is 2.01. The summed E-state index contributed by atoms with van der Waals surface area (Å²) in [7, 11) is 0. The molecule has 1 atom stereocenters. The predicted octanol–water partition coefficient (Wildman–Crippen LogP) is 0.686. The van der Waals surface area contributed by atoms with E-state index in [1.165, 1.54) is 0 Å². The second-order valence-corrected chi connectivity index (χ2v) is 3.34. The van der Waals surface area contributed by atoms with Crippen molar-refractivity contribution >= 4 is 5.97 Å². The van der Waals surface area contributed by atoms with E-state index in [4.69, 9.17) is 10.2 Å². The second kappa shape index (κ2) is 4.19. The van der Waals surface area contributed by atoms with Gasteiger partial charge in [-0.25, -0.2) is 4.79 Å². The summed E-state index contributed by atoms with van der Waals surface area (Å²) in [5, 5.41) is 17.6. The molecule has 0 aliphatic carbocycles. The first kappa shape index (κ1) is 10.7. The topological polar surface area (TPSA) is 70.4 Å². The Morgan fingerprint density at radius 2 is 2.14 bits per heavy atom. The van der Waals surface area contributed by atoms with E-state index >= 15 is 0 Å². The molecule has 1 heterocycles. The van der Waals surface area contributed by atoms with Crippen molar-refractivity contribution in [3.05, 3.63) is 29.1 Å². The molecule has 76 valence electrons. The number of aromatic nitrogens is 1. The van der Waals surface area contributed by atoms with E-state index in [0.29, 0.717) is 5.69 Å². The Balaban J connectivity index is 2.81. The third-order valence-electron chi connectivity index (χ3n) is 1.84. The summed E-state index contributed by atoms with van der Waals surface area (Å²) < 4.78 is 0. The van der Waals surface area contributed by atoms with Crippen molar-refractivity contribution in [2.24, 2.45) is 0 Å². The maximum Gasteiger partial charge on any atom is 0.332 e. The molecule has 4 nitrogen and oxygen atoms in total. The van der Waals surface area contributed by atoms with Gasteiger partial charge in [0.05, 0.1) is 0 Å². The van der Waals surface area contributed by atoms with Gasteiger partial charge in [-0.05, 0) is 31.5 Å². The molecule has 0 saturated carbocycles. The summed E-state index contributed by atoms with van der Waals surface area (Å²) in [6.45, 7) is 3.75. The molecule has 0 amide bonds. The first-order valence-corrected chi connectivity index (χ1v) is 4.34. The van der Waals surface area contributed by atoms with Gasteiger partial charge in [-0.1, -0.05) is 0 Å². The minimum Gasteiger partial charge on any atom is -0.479 e. The minimum absolute atomic E-state index is 0.0534. The van der Waals surface area contributed by atoms with Crippen LogP contribution in [0, 0.1) is 13.8 Å². The third-order valence-corrected chi connectivity index (χ3v) is 1.84. The van der Waals surface area contributed by atoms with Crippen LogP contribution in [-0.2, 0) is 11.2 Å². The summed E-state index contributed by atoms with van der Waals surface area (Å²) >= 11 is 0. The van der Waals surface area contributed by atoms with Crippen molar-refractivity contribution < 1.29 is 15.0 Å². The molecule has 0 aromatic carbocycles. The summed E-state index contributed by atoms with van der Waals surface area (Å²) in [6.07, 6.45) is -1.32. The maximum absolute atomic E-state index is 10.4. The van der Waals surface area contributed by atoms with Gasteiger partial charge in [0.25, 0.3) is 0 Å². The molecule has 0 aliphatic heterocycles. The Morgan fingerprint density at radius 1 is 1.50 bits per heavy atom. The number of hydrogen-bond acceptors (Lipinski definition) is 3. The lowest BCUT2D eigenvalue weighted by atomic mass is 10.1. The molecule has 1 aromatic rings. The SMILES string of the molecule is Cc1cc(C)nc(CC(O)C(=O)O)c1. The zero-order valence-electron chi connectivity index (χ0n) is 8.19. The number of nitrogens with zero attached hydrogens (tertiary/aromatic N) is 1. The van der Waals surface area contributed by atoms with E-state index < -0.39 is 12.1 Å². The molecule has 0 fully saturated rings. The molecule has 0 spiro atoms. The van der Waals surface area contributed by atoms with Crippen LogP contribution in [0.4, 0.5) is 0 Å². The number of carboxylic acid groups (broad SMARTS) is 1. The summed E-state index contributed by atoms with van der Waals surface area (Å²) in [5.41, 5.74) is 2.46. The number of carboxylic acids is 1. The Labute approximate surface area is 82.2 Å². The molecule has 1 unspecified atom stereocenters. The van der Waals surface area contributed by atoms with E-state index in [0.717, 1.165) is 11.3 Å². The number of aliphatic carboxylic acids is 1. The van der Waals surface area contributed by atoms with E-state index in [9.17, 15) is 4.79 Å². The van der Waals surface area contributed by atoms with Crippen LogP contribution in [0.5, 0.6) is 0 Å². The zero-order valence-corrected chi connectivity index (χ0v) is 8.19. The van der Waals surface area contributed by atoms with Crippen molar-refractivity contribution in [3.8, 4) is 0 Å². The quantitative estimate of drug-likeness (QED) is 0.744. The molecule has 4 heteroatoms. The van der Waals surface area contributed by atoms with Gasteiger partial charge in [0, 0.05) is 17.8 Å². The van der Waals surface area contributed by atoms with Crippen molar-refractivity contribution in [1.29, 1.82) is 0 Å². The largest absolute Gasteiger partial charge is 0.479 e. The third kappa shape index (κ3) is 2.81. The van der Waals surface area contributed by atoms with Crippen LogP contribution in [0.25, 0.3) is 0 Å². The summed E-state index contributed by atoms with van der Waals surface area (Å²) in [5.74, 6) is -1.22. The van der Waals surface area contributed by atoms with Gasteiger partial charge in [-0.2, -0.15) is 0 Å². The summed E-state index contributed by atoms with van der Waals surface area (Å²) in [6, 6.07) is 3.68. The van der Waals surface area contributed by atoms with E-state index in [-0.39, 0.29) is 6.42 Å². The first-order chi connectivity index (χ1) is 6.49. The highest BCUT2D eigenvalue weighted by Gasteiger charge is 2.14. The minimum atomic E-state index is -1.37. The number of aliphatic hydroxyl groups is 1. The smallest absolute Gasteiger partial charge is 0.332 e. The number of rotatable bonds is 3. The monoisotopic (exact) mass is 195 g/mol. The lowest BCUT2D eigenvalue weighted by molar-refractivity contribution is -0.146.